The van der Waals surface area contributed by atoms with Crippen LogP contribution in [0.5, 0.6) is 5.75 Å². The number of ether oxygens (including phenoxy) is 1. The van der Waals surface area contributed by atoms with Gasteiger partial charge in [-0.15, -0.1) is 0 Å². The summed E-state index contributed by atoms with van der Waals surface area (Å²) in [6.45, 7) is 5.15. The van der Waals surface area contributed by atoms with Crippen LogP contribution in [0.1, 0.15) is 18.1 Å². The van der Waals surface area contributed by atoms with Crippen molar-refractivity contribution in [2.75, 3.05) is 25.5 Å². The minimum Gasteiger partial charge on any atom is -0.494 e. The molecule has 0 aromatic heterocycles. The van der Waals surface area contributed by atoms with Crippen molar-refractivity contribution in [1.82, 2.24) is 4.90 Å². The quantitative estimate of drug-likeness (QED) is 0.798. The third kappa shape index (κ3) is 5.18. The van der Waals surface area contributed by atoms with Gasteiger partial charge >= 0.3 is 0 Å². The highest BCUT2D eigenvalue weighted by molar-refractivity contribution is 6.31. The van der Waals surface area contributed by atoms with Gasteiger partial charge in [0.1, 0.15) is 0 Å². The lowest BCUT2D eigenvalue weighted by atomic mass is 10.2. The standard InChI is InChI=1S/C19H22ClFN2O2/c1-4-23(11-14-8-9-18(25-3)16(21)10-14)12-19(24)22-17-7-5-6-15(20)13(17)2/h5-10H,4,11-12H2,1-3H3,(H,22,24). The lowest BCUT2D eigenvalue weighted by Crippen LogP contribution is -2.33. The largest absolute Gasteiger partial charge is 0.494 e. The molecular weight excluding hydrogens is 343 g/mol. The SMILES string of the molecule is CCN(CC(=O)Nc1cccc(Cl)c1C)Cc1ccc(OC)c(F)c1. The van der Waals surface area contributed by atoms with Crippen LogP contribution in [0.15, 0.2) is 36.4 Å². The zero-order valence-electron chi connectivity index (χ0n) is 14.6. The molecule has 0 aliphatic heterocycles. The van der Waals surface area contributed by atoms with Crippen molar-refractivity contribution in [3.63, 3.8) is 0 Å². The lowest BCUT2D eigenvalue weighted by molar-refractivity contribution is -0.117. The Morgan fingerprint density at radius 2 is 2.08 bits per heavy atom. The second-order valence-electron chi connectivity index (χ2n) is 5.73. The first-order valence-electron chi connectivity index (χ1n) is 8.04. The molecule has 1 amide bonds. The van der Waals surface area contributed by atoms with Gasteiger partial charge in [-0.05, 0) is 48.9 Å². The normalized spacial score (nSPS) is 10.8. The summed E-state index contributed by atoms with van der Waals surface area (Å²) in [4.78, 5) is 14.2. The van der Waals surface area contributed by atoms with Crippen molar-refractivity contribution < 1.29 is 13.9 Å². The summed E-state index contributed by atoms with van der Waals surface area (Å²) >= 11 is 6.07. The van der Waals surface area contributed by atoms with Crippen molar-refractivity contribution in [3.05, 3.63) is 58.4 Å². The molecule has 0 unspecified atom stereocenters. The first-order chi connectivity index (χ1) is 11.9. The maximum Gasteiger partial charge on any atom is 0.238 e. The van der Waals surface area contributed by atoms with Gasteiger partial charge < -0.3 is 10.1 Å². The Morgan fingerprint density at radius 1 is 1.32 bits per heavy atom. The zero-order chi connectivity index (χ0) is 18.4. The molecule has 0 saturated heterocycles. The van der Waals surface area contributed by atoms with E-state index >= 15 is 0 Å². The molecule has 2 rings (SSSR count). The summed E-state index contributed by atoms with van der Waals surface area (Å²) in [6, 6.07) is 10.2. The second-order valence-corrected chi connectivity index (χ2v) is 6.14. The van der Waals surface area contributed by atoms with E-state index < -0.39 is 5.82 Å². The maximum absolute atomic E-state index is 13.8. The van der Waals surface area contributed by atoms with E-state index in [4.69, 9.17) is 16.3 Å². The molecule has 0 saturated carbocycles. The van der Waals surface area contributed by atoms with Gasteiger partial charge in [-0.25, -0.2) is 4.39 Å². The van der Waals surface area contributed by atoms with Gasteiger partial charge in [-0.2, -0.15) is 0 Å². The fourth-order valence-corrected chi connectivity index (χ4v) is 2.66. The highest BCUT2D eigenvalue weighted by Crippen LogP contribution is 2.23. The molecule has 0 radical (unpaired) electrons. The van der Waals surface area contributed by atoms with Gasteiger partial charge in [0.05, 0.1) is 13.7 Å². The second kappa shape index (κ2) is 8.83. The molecule has 4 nitrogen and oxygen atoms in total. The number of nitrogens with one attached hydrogen (secondary N) is 1. The molecule has 0 bridgehead atoms. The van der Waals surface area contributed by atoms with Gasteiger partial charge in [0, 0.05) is 17.3 Å². The summed E-state index contributed by atoms with van der Waals surface area (Å²) in [5.74, 6) is -0.336. The van der Waals surface area contributed by atoms with Crippen LogP contribution < -0.4 is 10.1 Å². The molecule has 1 N–H and O–H groups in total. The first-order valence-corrected chi connectivity index (χ1v) is 8.42. The Hall–Kier alpha value is -2.11. The Labute approximate surface area is 152 Å². The van der Waals surface area contributed by atoms with Crippen molar-refractivity contribution >= 4 is 23.2 Å². The molecule has 0 heterocycles. The van der Waals surface area contributed by atoms with E-state index in [9.17, 15) is 9.18 Å². The summed E-state index contributed by atoms with van der Waals surface area (Å²) in [5.41, 5.74) is 2.31. The number of methoxy groups -OCH3 is 1. The summed E-state index contributed by atoms with van der Waals surface area (Å²) < 4.78 is 18.7. The fraction of sp³-hybridized carbons (Fsp3) is 0.316. The molecule has 0 spiro atoms. The van der Waals surface area contributed by atoms with E-state index in [0.29, 0.717) is 23.8 Å². The van der Waals surface area contributed by atoms with Crippen LogP contribution in [0.4, 0.5) is 10.1 Å². The monoisotopic (exact) mass is 364 g/mol. The summed E-state index contributed by atoms with van der Waals surface area (Å²) in [6.07, 6.45) is 0. The highest BCUT2D eigenvalue weighted by Gasteiger charge is 2.13. The van der Waals surface area contributed by atoms with Crippen LogP contribution in [-0.2, 0) is 11.3 Å². The lowest BCUT2D eigenvalue weighted by Gasteiger charge is -2.20. The number of anilines is 1. The average molecular weight is 365 g/mol. The summed E-state index contributed by atoms with van der Waals surface area (Å²) in [7, 11) is 1.43. The number of carbonyl (C=O) groups excluding carboxylic acids is 1. The van der Waals surface area contributed by atoms with Crippen LogP contribution in [0.3, 0.4) is 0 Å². The van der Waals surface area contributed by atoms with Crippen LogP contribution in [-0.4, -0.2) is 31.0 Å². The topological polar surface area (TPSA) is 41.6 Å². The van der Waals surface area contributed by atoms with Crippen LogP contribution in [0.2, 0.25) is 5.02 Å². The Balaban J connectivity index is 2.00. The third-order valence-electron chi connectivity index (χ3n) is 3.98. The molecule has 0 aliphatic carbocycles. The van der Waals surface area contributed by atoms with Crippen LogP contribution in [0, 0.1) is 12.7 Å². The Morgan fingerprint density at radius 3 is 2.72 bits per heavy atom. The van der Waals surface area contributed by atoms with Crippen molar-refractivity contribution in [2.24, 2.45) is 0 Å². The maximum atomic E-state index is 13.8. The van der Waals surface area contributed by atoms with E-state index in [-0.39, 0.29) is 18.2 Å². The Kier molecular flexibility index (Phi) is 6.79. The van der Waals surface area contributed by atoms with Gasteiger partial charge in [0.15, 0.2) is 11.6 Å². The van der Waals surface area contributed by atoms with Crippen LogP contribution >= 0.6 is 11.6 Å². The van der Waals surface area contributed by atoms with E-state index in [0.717, 1.165) is 11.1 Å². The predicted octanol–water partition coefficient (Wildman–Crippen LogP) is 4.26. The van der Waals surface area contributed by atoms with Gasteiger partial charge in [0.25, 0.3) is 0 Å². The summed E-state index contributed by atoms with van der Waals surface area (Å²) in [5, 5.41) is 3.48. The fourth-order valence-electron chi connectivity index (χ4n) is 2.48. The number of likely N-dealkylation sites (N-methyl/N-ethyl adjacent to an activating group) is 1. The van der Waals surface area contributed by atoms with Crippen molar-refractivity contribution in [2.45, 2.75) is 20.4 Å². The predicted molar refractivity (Wildman–Crippen MR) is 98.7 cm³/mol. The van der Waals surface area contributed by atoms with Crippen molar-refractivity contribution in [3.8, 4) is 5.75 Å². The molecule has 2 aromatic rings. The smallest absolute Gasteiger partial charge is 0.238 e. The van der Waals surface area contributed by atoms with E-state index in [1.807, 2.05) is 24.8 Å². The van der Waals surface area contributed by atoms with E-state index in [2.05, 4.69) is 5.32 Å². The minimum atomic E-state index is -0.407. The molecule has 134 valence electrons. The van der Waals surface area contributed by atoms with E-state index in [1.165, 1.54) is 13.2 Å². The highest BCUT2D eigenvalue weighted by atomic mass is 35.5. The molecule has 0 fully saturated rings. The number of hydrogen-bond acceptors (Lipinski definition) is 3. The van der Waals surface area contributed by atoms with Gasteiger partial charge in [0.2, 0.25) is 5.91 Å². The zero-order valence-corrected chi connectivity index (χ0v) is 15.4. The van der Waals surface area contributed by atoms with Gasteiger partial charge in [-0.3, -0.25) is 9.69 Å². The average Bonchev–Trinajstić information content (AvgIpc) is 2.58. The minimum absolute atomic E-state index is 0.138. The molecule has 2 aromatic carbocycles. The number of carbonyl (C=O) groups is 1. The first kappa shape index (κ1) is 19.2. The number of rotatable bonds is 7. The van der Waals surface area contributed by atoms with Crippen LogP contribution in [0.25, 0.3) is 0 Å². The third-order valence-corrected chi connectivity index (χ3v) is 4.39. The molecule has 0 aliphatic rings. The molecule has 0 atom stereocenters. The number of benzene rings is 2. The number of halogens is 2. The number of hydrogen-bond donors (Lipinski definition) is 1. The molecular formula is C19H22ClFN2O2. The van der Waals surface area contributed by atoms with E-state index in [1.54, 1.807) is 24.3 Å². The molecule has 6 heteroatoms. The Bertz CT molecular complexity index is 752. The molecule has 25 heavy (non-hydrogen) atoms. The number of amides is 1. The van der Waals surface area contributed by atoms with Gasteiger partial charge in [-0.1, -0.05) is 30.7 Å². The number of nitrogens with zero attached hydrogens (tertiary/aromatic N) is 1. The van der Waals surface area contributed by atoms with Crippen molar-refractivity contribution in [1.29, 1.82) is 0 Å².